The van der Waals surface area contributed by atoms with Gasteiger partial charge >= 0.3 is 0 Å². The van der Waals surface area contributed by atoms with Gasteiger partial charge in [-0.15, -0.1) is 0 Å². The zero-order valence-corrected chi connectivity index (χ0v) is 13.7. The van der Waals surface area contributed by atoms with E-state index in [9.17, 15) is 9.59 Å². The molecule has 0 aliphatic carbocycles. The minimum absolute atomic E-state index is 0.226. The van der Waals surface area contributed by atoms with E-state index >= 15 is 0 Å². The Labute approximate surface area is 140 Å². The highest BCUT2D eigenvalue weighted by Crippen LogP contribution is 2.21. The number of furan rings is 1. The van der Waals surface area contributed by atoms with Crippen molar-refractivity contribution in [3.63, 3.8) is 0 Å². The molecule has 1 aliphatic rings. The first-order valence-corrected chi connectivity index (χ1v) is 8.43. The number of likely N-dealkylation sites (tertiary alicyclic amines) is 1. The third-order valence-corrected chi connectivity index (χ3v) is 4.41. The van der Waals surface area contributed by atoms with Crippen molar-refractivity contribution in [2.45, 2.75) is 25.8 Å². The molecule has 1 fully saturated rings. The summed E-state index contributed by atoms with van der Waals surface area (Å²) in [6.45, 7) is 3.59. The van der Waals surface area contributed by atoms with E-state index in [0.717, 1.165) is 31.8 Å². The van der Waals surface area contributed by atoms with E-state index in [2.05, 4.69) is 15.2 Å². The van der Waals surface area contributed by atoms with Crippen molar-refractivity contribution in [1.82, 2.24) is 15.2 Å². The Morgan fingerprint density at radius 3 is 3.04 bits per heavy atom. The van der Waals surface area contributed by atoms with Crippen LogP contribution in [-0.2, 0) is 6.54 Å². The Bertz CT molecular complexity index is 708. The topological polar surface area (TPSA) is 78.3 Å². The number of piperidine rings is 1. The van der Waals surface area contributed by atoms with Crippen LogP contribution in [0.2, 0.25) is 0 Å². The molecule has 2 aromatic heterocycles. The Balaban J connectivity index is 1.43. The first-order valence-electron chi connectivity index (χ1n) is 8.43. The Morgan fingerprint density at radius 2 is 2.25 bits per heavy atom. The summed E-state index contributed by atoms with van der Waals surface area (Å²) in [5.41, 5.74) is 0.0501. The smallest absolute Gasteiger partial charge is 0.267 e. The van der Waals surface area contributed by atoms with E-state index < -0.39 is 0 Å². The number of carbonyl (C=O) groups excluding carboxylic acids is 1. The molecule has 6 heteroatoms. The quantitative estimate of drug-likeness (QED) is 0.850. The molecule has 6 nitrogen and oxygen atoms in total. The number of amides is 1. The highest BCUT2D eigenvalue weighted by atomic mass is 16.3. The van der Waals surface area contributed by atoms with Gasteiger partial charge in [0.25, 0.3) is 5.91 Å². The van der Waals surface area contributed by atoms with Gasteiger partial charge in [0.1, 0.15) is 11.5 Å². The van der Waals surface area contributed by atoms with Crippen LogP contribution < -0.4 is 10.9 Å². The Hall–Kier alpha value is -2.34. The maximum atomic E-state index is 12.0. The zero-order valence-electron chi connectivity index (χ0n) is 13.7. The Morgan fingerprint density at radius 1 is 1.33 bits per heavy atom. The molecule has 3 heterocycles. The summed E-state index contributed by atoms with van der Waals surface area (Å²) in [6, 6.07) is 8.51. The fourth-order valence-electron chi connectivity index (χ4n) is 3.22. The second-order valence-electron chi connectivity index (χ2n) is 6.30. The summed E-state index contributed by atoms with van der Waals surface area (Å²) in [7, 11) is 0. The Kier molecular flexibility index (Phi) is 5.48. The summed E-state index contributed by atoms with van der Waals surface area (Å²) in [5, 5.41) is 2.89. The van der Waals surface area contributed by atoms with E-state index in [-0.39, 0.29) is 11.5 Å². The summed E-state index contributed by atoms with van der Waals surface area (Å²) in [4.78, 5) is 28.2. The van der Waals surface area contributed by atoms with E-state index in [1.165, 1.54) is 18.9 Å². The van der Waals surface area contributed by atoms with E-state index in [1.807, 2.05) is 12.1 Å². The number of carbonyl (C=O) groups is 1. The van der Waals surface area contributed by atoms with Gasteiger partial charge in [0.2, 0.25) is 5.56 Å². The fraction of sp³-hybridized carbons (Fsp3) is 0.444. The molecule has 0 unspecified atom stereocenters. The fourth-order valence-corrected chi connectivity index (χ4v) is 3.22. The molecule has 1 aliphatic heterocycles. The number of aromatic amines is 1. The number of aromatic nitrogens is 1. The van der Waals surface area contributed by atoms with Crippen molar-refractivity contribution in [3.05, 3.63) is 58.4 Å². The average molecular weight is 329 g/mol. The van der Waals surface area contributed by atoms with Crippen molar-refractivity contribution >= 4 is 5.91 Å². The van der Waals surface area contributed by atoms with Gasteiger partial charge < -0.3 is 14.7 Å². The minimum Gasteiger partial charge on any atom is -0.468 e. The zero-order chi connectivity index (χ0) is 16.8. The number of rotatable bonds is 6. The molecular formula is C18H23N3O3. The molecule has 24 heavy (non-hydrogen) atoms. The maximum absolute atomic E-state index is 12.0. The minimum atomic E-state index is -0.261. The second-order valence-corrected chi connectivity index (χ2v) is 6.30. The lowest BCUT2D eigenvalue weighted by Gasteiger charge is -2.32. The molecule has 0 radical (unpaired) electrons. The van der Waals surface area contributed by atoms with E-state index in [4.69, 9.17) is 4.42 Å². The van der Waals surface area contributed by atoms with Gasteiger partial charge in [0.05, 0.1) is 12.8 Å². The number of hydrogen-bond donors (Lipinski definition) is 2. The predicted molar refractivity (Wildman–Crippen MR) is 90.7 cm³/mol. The lowest BCUT2D eigenvalue weighted by Crippen LogP contribution is -2.36. The molecule has 0 spiro atoms. The molecule has 1 amide bonds. The van der Waals surface area contributed by atoms with Gasteiger partial charge in [-0.1, -0.05) is 6.07 Å². The van der Waals surface area contributed by atoms with Crippen molar-refractivity contribution in [3.8, 4) is 0 Å². The van der Waals surface area contributed by atoms with Crippen LogP contribution in [0.5, 0.6) is 0 Å². The van der Waals surface area contributed by atoms with Crippen molar-refractivity contribution in [2.75, 3.05) is 19.6 Å². The van der Waals surface area contributed by atoms with Crippen molar-refractivity contribution in [2.24, 2.45) is 5.92 Å². The molecule has 1 saturated heterocycles. The monoisotopic (exact) mass is 329 g/mol. The van der Waals surface area contributed by atoms with E-state index in [0.29, 0.717) is 18.2 Å². The molecule has 2 N–H and O–H groups in total. The average Bonchev–Trinajstić information content (AvgIpc) is 3.08. The number of nitrogens with zero attached hydrogens (tertiary/aromatic N) is 1. The third-order valence-electron chi connectivity index (χ3n) is 4.41. The van der Waals surface area contributed by atoms with Crippen LogP contribution in [0.25, 0.3) is 0 Å². The molecule has 2 aromatic rings. The highest BCUT2D eigenvalue weighted by molar-refractivity contribution is 5.92. The van der Waals surface area contributed by atoms with Crippen LogP contribution >= 0.6 is 0 Å². The second kappa shape index (κ2) is 7.97. The SMILES string of the molecule is O=C(NCC[C@H]1CCCN(Cc2ccco2)C1)c1cccc(=O)[nH]1. The van der Waals surface area contributed by atoms with Crippen LogP contribution in [0.15, 0.2) is 45.8 Å². The van der Waals surface area contributed by atoms with Crippen LogP contribution in [0.3, 0.4) is 0 Å². The molecule has 1 atom stereocenters. The van der Waals surface area contributed by atoms with Crippen LogP contribution in [0, 0.1) is 5.92 Å². The van der Waals surface area contributed by atoms with Crippen LogP contribution in [0.4, 0.5) is 0 Å². The van der Waals surface area contributed by atoms with Crippen molar-refractivity contribution < 1.29 is 9.21 Å². The largest absolute Gasteiger partial charge is 0.468 e. The lowest BCUT2D eigenvalue weighted by molar-refractivity contribution is 0.0940. The highest BCUT2D eigenvalue weighted by Gasteiger charge is 2.20. The number of hydrogen-bond acceptors (Lipinski definition) is 4. The molecule has 0 saturated carbocycles. The first-order chi connectivity index (χ1) is 11.7. The molecule has 0 aromatic carbocycles. The first kappa shape index (κ1) is 16.5. The van der Waals surface area contributed by atoms with Crippen LogP contribution in [0.1, 0.15) is 35.5 Å². The van der Waals surface area contributed by atoms with Gasteiger partial charge in [0, 0.05) is 19.2 Å². The summed E-state index contributed by atoms with van der Waals surface area (Å²) in [5.74, 6) is 1.34. The standard InChI is InChI=1S/C18H23N3O3/c22-17-7-1-6-16(20-17)18(23)19-9-8-14-4-2-10-21(12-14)13-15-5-3-11-24-15/h1,3,5-7,11,14H,2,4,8-10,12-13H2,(H,19,23)(H,20,22)/t14-/m1/s1. The number of H-pyrrole nitrogens is 1. The van der Waals surface area contributed by atoms with Crippen LogP contribution in [-0.4, -0.2) is 35.4 Å². The van der Waals surface area contributed by atoms with Crippen molar-refractivity contribution in [1.29, 1.82) is 0 Å². The number of nitrogens with one attached hydrogen (secondary N) is 2. The maximum Gasteiger partial charge on any atom is 0.267 e. The van der Waals surface area contributed by atoms with E-state index in [1.54, 1.807) is 18.4 Å². The van der Waals surface area contributed by atoms with Gasteiger partial charge in [0.15, 0.2) is 0 Å². The summed E-state index contributed by atoms with van der Waals surface area (Å²) in [6.07, 6.45) is 5.01. The van der Waals surface area contributed by atoms with Gasteiger partial charge in [-0.3, -0.25) is 14.5 Å². The summed E-state index contributed by atoms with van der Waals surface area (Å²) >= 11 is 0. The van der Waals surface area contributed by atoms with Gasteiger partial charge in [-0.05, 0) is 49.9 Å². The summed E-state index contributed by atoms with van der Waals surface area (Å²) < 4.78 is 5.42. The molecule has 128 valence electrons. The molecular weight excluding hydrogens is 306 g/mol. The number of pyridine rings is 1. The van der Waals surface area contributed by atoms with Gasteiger partial charge in [-0.2, -0.15) is 0 Å². The molecule has 3 rings (SSSR count). The van der Waals surface area contributed by atoms with Gasteiger partial charge in [-0.25, -0.2) is 0 Å². The third kappa shape index (κ3) is 4.58. The normalized spacial score (nSPS) is 18.4. The predicted octanol–water partition coefficient (Wildman–Crippen LogP) is 2.00. The molecule has 0 bridgehead atoms. The lowest BCUT2D eigenvalue weighted by atomic mass is 9.94.